The molecule has 3 N–H and O–H groups in total. The number of thiophene rings is 1. The molecule has 0 saturated carbocycles. The molecule has 1 heterocycles. The third-order valence-corrected chi connectivity index (χ3v) is 3.89. The van der Waals surface area contributed by atoms with Crippen molar-refractivity contribution in [2.24, 2.45) is 5.73 Å². The quantitative estimate of drug-likeness (QED) is 0.881. The summed E-state index contributed by atoms with van der Waals surface area (Å²) in [6.45, 7) is 2.64. The third kappa shape index (κ3) is 4.19. The maximum absolute atomic E-state index is 11.8. The van der Waals surface area contributed by atoms with E-state index in [1.165, 1.54) is 9.75 Å². The minimum absolute atomic E-state index is 0.0117. The molecule has 19 heavy (non-hydrogen) atoms. The highest BCUT2D eigenvalue weighted by Crippen LogP contribution is 2.15. The molecule has 0 bridgehead atoms. The Bertz CT molecular complexity index is 536. The van der Waals surface area contributed by atoms with Crippen molar-refractivity contribution in [3.8, 4) is 0 Å². The Morgan fingerprint density at radius 3 is 2.63 bits per heavy atom. The number of amides is 1. The number of carbonyl (C=O) groups excluding carboxylic acids is 1. The second-order valence-corrected chi connectivity index (χ2v) is 5.88. The Hall–Kier alpha value is -1.65. The highest BCUT2D eigenvalue weighted by atomic mass is 32.1. The number of nitrogens with two attached hydrogens (primary N) is 1. The lowest BCUT2D eigenvalue weighted by Crippen LogP contribution is -2.26. The largest absolute Gasteiger partial charge is 0.351 e. The number of hydrogen-bond donors (Lipinski definition) is 2. The number of rotatable bonds is 5. The lowest BCUT2D eigenvalue weighted by atomic mass is 10.0. The summed E-state index contributed by atoms with van der Waals surface area (Å²) in [6, 6.07) is 13.5. The van der Waals surface area contributed by atoms with Crippen LogP contribution in [-0.4, -0.2) is 5.91 Å². The van der Waals surface area contributed by atoms with E-state index in [4.69, 9.17) is 5.73 Å². The van der Waals surface area contributed by atoms with Crippen molar-refractivity contribution in [2.45, 2.75) is 25.9 Å². The van der Waals surface area contributed by atoms with Crippen molar-refractivity contribution in [3.05, 3.63) is 57.8 Å². The Morgan fingerprint density at radius 1 is 1.26 bits per heavy atom. The van der Waals surface area contributed by atoms with Crippen LogP contribution in [0.15, 0.2) is 42.5 Å². The van der Waals surface area contributed by atoms with E-state index < -0.39 is 0 Å². The van der Waals surface area contributed by atoms with Crippen molar-refractivity contribution < 1.29 is 4.79 Å². The fraction of sp³-hybridized carbons (Fsp3) is 0.267. The van der Waals surface area contributed by atoms with Crippen LogP contribution >= 0.6 is 11.3 Å². The van der Waals surface area contributed by atoms with Crippen molar-refractivity contribution in [1.82, 2.24) is 5.32 Å². The maximum Gasteiger partial charge on any atom is 0.222 e. The minimum Gasteiger partial charge on any atom is -0.351 e. The molecule has 4 heteroatoms. The predicted octanol–water partition coefficient (Wildman–Crippen LogP) is 2.76. The first-order valence-corrected chi connectivity index (χ1v) is 7.09. The summed E-state index contributed by atoms with van der Waals surface area (Å²) in [6.07, 6.45) is 0.314. The summed E-state index contributed by atoms with van der Waals surface area (Å²) in [7, 11) is 0. The summed E-state index contributed by atoms with van der Waals surface area (Å²) in [4.78, 5) is 14.2. The van der Waals surface area contributed by atoms with E-state index in [9.17, 15) is 4.79 Å². The molecule has 1 unspecified atom stereocenters. The summed E-state index contributed by atoms with van der Waals surface area (Å²) in [5.41, 5.74) is 7.00. The van der Waals surface area contributed by atoms with E-state index >= 15 is 0 Å². The van der Waals surface area contributed by atoms with E-state index in [2.05, 4.69) is 18.3 Å². The van der Waals surface area contributed by atoms with Gasteiger partial charge in [0, 0.05) is 22.2 Å². The summed E-state index contributed by atoms with van der Waals surface area (Å²) < 4.78 is 0. The third-order valence-electron chi connectivity index (χ3n) is 2.89. The molecule has 1 aromatic heterocycles. The maximum atomic E-state index is 11.8. The van der Waals surface area contributed by atoms with E-state index in [0.717, 1.165) is 5.56 Å². The molecule has 1 aromatic carbocycles. The molecule has 0 saturated heterocycles. The van der Waals surface area contributed by atoms with Gasteiger partial charge in [0.1, 0.15) is 0 Å². The topological polar surface area (TPSA) is 55.1 Å². The molecule has 0 fully saturated rings. The zero-order valence-electron chi connectivity index (χ0n) is 10.9. The van der Waals surface area contributed by atoms with E-state index in [1.807, 2.05) is 36.4 Å². The van der Waals surface area contributed by atoms with Gasteiger partial charge >= 0.3 is 0 Å². The van der Waals surface area contributed by atoms with Crippen molar-refractivity contribution in [2.75, 3.05) is 0 Å². The van der Waals surface area contributed by atoms with Gasteiger partial charge in [-0.2, -0.15) is 0 Å². The molecule has 100 valence electrons. The van der Waals surface area contributed by atoms with Crippen molar-refractivity contribution >= 4 is 17.2 Å². The molecule has 2 rings (SSSR count). The second-order valence-electron chi connectivity index (χ2n) is 4.51. The highest BCUT2D eigenvalue weighted by molar-refractivity contribution is 7.11. The molecule has 3 nitrogen and oxygen atoms in total. The van der Waals surface area contributed by atoms with E-state index in [1.54, 1.807) is 11.3 Å². The average molecular weight is 274 g/mol. The number of benzene rings is 1. The Morgan fingerprint density at radius 2 is 2.00 bits per heavy atom. The Balaban J connectivity index is 1.81. The van der Waals surface area contributed by atoms with Gasteiger partial charge in [-0.1, -0.05) is 30.3 Å². The number of aryl methyl sites for hydroxylation is 1. The Labute approximate surface area is 117 Å². The Kier molecular flexibility index (Phi) is 4.71. The van der Waals surface area contributed by atoms with Crippen molar-refractivity contribution in [3.63, 3.8) is 0 Å². The van der Waals surface area contributed by atoms with Crippen LogP contribution in [0.1, 0.15) is 27.8 Å². The first-order chi connectivity index (χ1) is 9.15. The van der Waals surface area contributed by atoms with Crippen LogP contribution in [0.5, 0.6) is 0 Å². The molecule has 2 aromatic rings. The van der Waals surface area contributed by atoms with Gasteiger partial charge in [0.05, 0.1) is 6.54 Å². The van der Waals surface area contributed by atoms with Crippen LogP contribution in [0.4, 0.5) is 0 Å². The first kappa shape index (κ1) is 13.8. The van der Waals surface area contributed by atoms with Crippen LogP contribution in [0.25, 0.3) is 0 Å². The minimum atomic E-state index is -0.244. The lowest BCUT2D eigenvalue weighted by Gasteiger charge is -2.11. The second kappa shape index (κ2) is 6.50. The van der Waals surface area contributed by atoms with E-state index in [-0.39, 0.29) is 11.9 Å². The normalized spacial score (nSPS) is 12.1. The smallest absolute Gasteiger partial charge is 0.222 e. The van der Waals surface area contributed by atoms with Gasteiger partial charge in [0.25, 0.3) is 0 Å². The summed E-state index contributed by atoms with van der Waals surface area (Å²) >= 11 is 1.70. The van der Waals surface area contributed by atoms with Gasteiger partial charge < -0.3 is 11.1 Å². The first-order valence-electron chi connectivity index (χ1n) is 6.27. The van der Waals surface area contributed by atoms with Crippen molar-refractivity contribution in [1.29, 1.82) is 0 Å². The highest BCUT2D eigenvalue weighted by Gasteiger charge is 2.11. The molecule has 1 amide bonds. The predicted molar refractivity (Wildman–Crippen MR) is 78.9 cm³/mol. The number of hydrogen-bond acceptors (Lipinski definition) is 3. The lowest BCUT2D eigenvalue weighted by molar-refractivity contribution is -0.121. The standard InChI is InChI=1S/C15H18N2OS/c1-11-7-8-13(19-11)10-17-15(18)9-14(16)12-5-3-2-4-6-12/h2-8,14H,9-10,16H2,1H3,(H,17,18). The molecule has 0 aliphatic heterocycles. The van der Waals surface area contributed by atoms with Crippen LogP contribution in [0, 0.1) is 6.92 Å². The zero-order valence-corrected chi connectivity index (χ0v) is 11.7. The van der Waals surface area contributed by atoms with Gasteiger partial charge in [0.2, 0.25) is 5.91 Å². The summed E-state index contributed by atoms with van der Waals surface area (Å²) in [5.74, 6) is -0.0117. The molecule has 0 aliphatic carbocycles. The van der Waals surface area contributed by atoms with Crippen LogP contribution in [0.3, 0.4) is 0 Å². The zero-order chi connectivity index (χ0) is 13.7. The monoisotopic (exact) mass is 274 g/mol. The number of nitrogens with one attached hydrogen (secondary N) is 1. The van der Waals surface area contributed by atoms with Crippen LogP contribution < -0.4 is 11.1 Å². The van der Waals surface area contributed by atoms with Gasteiger partial charge in [-0.3, -0.25) is 4.79 Å². The fourth-order valence-electron chi connectivity index (χ4n) is 1.86. The molecular weight excluding hydrogens is 256 g/mol. The van der Waals surface area contributed by atoms with Gasteiger partial charge in [-0.15, -0.1) is 11.3 Å². The molecular formula is C15H18N2OS. The molecule has 1 atom stereocenters. The molecule has 0 spiro atoms. The average Bonchev–Trinajstić information content (AvgIpc) is 2.83. The van der Waals surface area contributed by atoms with Gasteiger partial charge in [-0.25, -0.2) is 0 Å². The number of carbonyl (C=O) groups is 1. The molecule has 0 aliphatic rings. The SMILES string of the molecule is Cc1ccc(CNC(=O)CC(N)c2ccccc2)s1. The van der Waals surface area contributed by atoms with Crippen LogP contribution in [0.2, 0.25) is 0 Å². The van der Waals surface area contributed by atoms with E-state index in [0.29, 0.717) is 13.0 Å². The molecule has 0 radical (unpaired) electrons. The van der Waals surface area contributed by atoms with Gasteiger partial charge in [-0.05, 0) is 24.6 Å². The summed E-state index contributed by atoms with van der Waals surface area (Å²) in [5, 5.41) is 2.90. The van der Waals surface area contributed by atoms with Crippen LogP contribution in [-0.2, 0) is 11.3 Å². The fourth-order valence-corrected chi connectivity index (χ4v) is 2.69. The van der Waals surface area contributed by atoms with Gasteiger partial charge in [0.15, 0.2) is 0 Å².